The summed E-state index contributed by atoms with van der Waals surface area (Å²) in [7, 11) is 0.949. The largest absolute Gasteiger partial charge is 0.462 e. The second-order valence-corrected chi connectivity index (χ2v) is 13.7. The lowest BCUT2D eigenvalue weighted by molar-refractivity contribution is -0.903. The van der Waals surface area contributed by atoms with Gasteiger partial charge in [0.15, 0.2) is 0 Å². The van der Waals surface area contributed by atoms with E-state index in [9.17, 15) is 14.3 Å². The minimum atomic E-state index is -3.60. The van der Waals surface area contributed by atoms with Gasteiger partial charge in [0.2, 0.25) is 0 Å². The Labute approximate surface area is 243 Å². The number of benzene rings is 2. The summed E-state index contributed by atoms with van der Waals surface area (Å²) in [4.78, 5) is 22.6. The van der Waals surface area contributed by atoms with Crippen LogP contribution in [0.1, 0.15) is 106 Å². The van der Waals surface area contributed by atoms with Gasteiger partial charge < -0.3 is 14.1 Å². The summed E-state index contributed by atoms with van der Waals surface area (Å²) in [6.07, 6.45) is 16.9. The Balaban J connectivity index is 1.57. The van der Waals surface area contributed by atoms with Crippen molar-refractivity contribution in [1.29, 1.82) is 0 Å². The van der Waals surface area contributed by atoms with E-state index in [2.05, 4.69) is 26.1 Å². The summed E-state index contributed by atoms with van der Waals surface area (Å²) in [5.74, 6) is -0.368. The molecule has 0 fully saturated rings. The van der Waals surface area contributed by atoms with Gasteiger partial charge in [0.05, 0.1) is 38.1 Å². The molecular formula is C33H54N2O4P+. The summed E-state index contributed by atoms with van der Waals surface area (Å²) in [5.41, 5.74) is 1.74. The van der Waals surface area contributed by atoms with Crippen LogP contribution in [0.25, 0.3) is 0 Å². The van der Waals surface area contributed by atoms with Crippen molar-refractivity contribution in [3.63, 3.8) is 0 Å². The average Bonchev–Trinajstić information content (AvgIpc) is 2.94. The molecule has 0 heterocycles. The van der Waals surface area contributed by atoms with Gasteiger partial charge in [-0.3, -0.25) is 4.57 Å². The minimum absolute atomic E-state index is 0.186. The predicted octanol–water partition coefficient (Wildman–Crippen LogP) is 7.61. The fourth-order valence-corrected chi connectivity index (χ4v) is 6.19. The SMILES string of the molecule is CCCCCCCCCCCCCC[N+](C)(C)Cc1ccc(C(=O)OCCCNP(=O)(O)c2ccccc2)cc1. The van der Waals surface area contributed by atoms with Crippen LogP contribution in [0.15, 0.2) is 54.6 Å². The molecule has 0 amide bonds. The lowest BCUT2D eigenvalue weighted by atomic mass is 10.0. The summed E-state index contributed by atoms with van der Waals surface area (Å²) in [6, 6.07) is 16.2. The van der Waals surface area contributed by atoms with E-state index in [1.165, 1.54) is 82.6 Å². The molecule has 2 aromatic rings. The molecule has 2 rings (SSSR count). The second kappa shape index (κ2) is 19.2. The summed E-state index contributed by atoms with van der Waals surface area (Å²) in [6.45, 7) is 4.82. The fraction of sp³-hybridized carbons (Fsp3) is 0.606. The highest BCUT2D eigenvalue weighted by Crippen LogP contribution is 2.33. The number of nitrogens with one attached hydrogen (secondary N) is 1. The minimum Gasteiger partial charge on any atom is -0.462 e. The van der Waals surface area contributed by atoms with Crippen LogP contribution in [0.4, 0.5) is 0 Å². The zero-order valence-corrected chi connectivity index (χ0v) is 26.2. The third kappa shape index (κ3) is 14.6. The predicted molar refractivity (Wildman–Crippen MR) is 167 cm³/mol. The van der Waals surface area contributed by atoms with Gasteiger partial charge in [0.1, 0.15) is 6.54 Å². The Bertz CT molecular complexity index is 995. The summed E-state index contributed by atoms with van der Waals surface area (Å²) < 4.78 is 18.7. The number of hydrogen-bond acceptors (Lipinski definition) is 3. The normalized spacial score (nSPS) is 13.2. The number of quaternary nitrogens is 1. The smallest absolute Gasteiger partial charge is 0.338 e. The van der Waals surface area contributed by atoms with Crippen LogP contribution in [-0.2, 0) is 15.8 Å². The maximum absolute atomic E-state index is 12.4. The van der Waals surface area contributed by atoms with Crippen molar-refractivity contribution in [2.24, 2.45) is 0 Å². The number of hydrogen-bond donors (Lipinski definition) is 2. The van der Waals surface area contributed by atoms with Crippen LogP contribution in [0, 0.1) is 0 Å². The first kappa shape index (κ1) is 34.2. The first-order valence-electron chi connectivity index (χ1n) is 15.4. The van der Waals surface area contributed by atoms with Gasteiger partial charge in [-0.15, -0.1) is 0 Å². The van der Waals surface area contributed by atoms with E-state index in [0.717, 1.165) is 17.6 Å². The van der Waals surface area contributed by atoms with E-state index < -0.39 is 7.52 Å². The second-order valence-electron chi connectivity index (χ2n) is 11.7. The molecule has 7 heteroatoms. The molecule has 40 heavy (non-hydrogen) atoms. The standard InChI is InChI=1S/C33H53N2O4P/c1-4-5-6-7-8-9-10-11-12-13-14-18-27-35(2,3)29-30-22-24-31(25-23-30)33(36)39-28-19-26-34-40(37,38)32-20-16-15-17-21-32/h15-17,20-25H,4-14,18-19,26-29H2,1-3H3,(H-,34,37,38)/p+1. The fourth-order valence-electron chi connectivity index (χ4n) is 4.97. The van der Waals surface area contributed by atoms with Crippen LogP contribution in [0.3, 0.4) is 0 Å². The zero-order valence-electron chi connectivity index (χ0n) is 25.3. The monoisotopic (exact) mass is 573 g/mol. The van der Waals surface area contributed by atoms with Gasteiger partial charge in [0.25, 0.3) is 7.52 Å². The Morgan fingerprint density at radius 3 is 1.93 bits per heavy atom. The van der Waals surface area contributed by atoms with E-state index in [0.29, 0.717) is 17.3 Å². The first-order valence-corrected chi connectivity index (χ1v) is 17.1. The molecule has 2 N–H and O–H groups in total. The van der Waals surface area contributed by atoms with Crippen molar-refractivity contribution >= 4 is 18.8 Å². The number of unbranched alkanes of at least 4 members (excludes halogenated alkanes) is 11. The molecule has 0 aromatic heterocycles. The average molecular weight is 574 g/mol. The topological polar surface area (TPSA) is 75.6 Å². The molecule has 0 aliphatic heterocycles. The molecule has 2 aromatic carbocycles. The number of nitrogens with zero attached hydrogens (tertiary/aromatic N) is 1. The molecule has 0 radical (unpaired) electrons. The maximum atomic E-state index is 12.4. The number of ether oxygens (including phenoxy) is 1. The van der Waals surface area contributed by atoms with Crippen molar-refractivity contribution in [2.45, 2.75) is 96.9 Å². The molecule has 1 unspecified atom stereocenters. The molecular weight excluding hydrogens is 519 g/mol. The Kier molecular flexibility index (Phi) is 16.4. The van der Waals surface area contributed by atoms with E-state index >= 15 is 0 Å². The molecule has 0 saturated carbocycles. The molecule has 6 nitrogen and oxygen atoms in total. The van der Waals surface area contributed by atoms with Crippen molar-refractivity contribution < 1.29 is 23.5 Å². The van der Waals surface area contributed by atoms with Crippen molar-refractivity contribution in [3.05, 3.63) is 65.7 Å². The van der Waals surface area contributed by atoms with Gasteiger partial charge in [-0.25, -0.2) is 9.88 Å². The summed E-state index contributed by atoms with van der Waals surface area (Å²) in [5, 5.41) is 3.04. The van der Waals surface area contributed by atoms with E-state index in [-0.39, 0.29) is 19.1 Å². The quantitative estimate of drug-likeness (QED) is 0.0656. The van der Waals surface area contributed by atoms with Crippen LogP contribution < -0.4 is 10.4 Å². The summed E-state index contributed by atoms with van der Waals surface area (Å²) >= 11 is 0. The van der Waals surface area contributed by atoms with E-state index in [1.807, 2.05) is 24.3 Å². The van der Waals surface area contributed by atoms with E-state index in [4.69, 9.17) is 4.74 Å². The van der Waals surface area contributed by atoms with Gasteiger partial charge in [0, 0.05) is 12.1 Å². The maximum Gasteiger partial charge on any atom is 0.338 e. The van der Waals surface area contributed by atoms with Crippen LogP contribution in [0.5, 0.6) is 0 Å². The van der Waals surface area contributed by atoms with Crippen molar-refractivity contribution in [3.8, 4) is 0 Å². The van der Waals surface area contributed by atoms with Gasteiger partial charge in [-0.1, -0.05) is 101 Å². The molecule has 224 valence electrons. The molecule has 0 aliphatic carbocycles. The third-order valence-corrected chi connectivity index (χ3v) is 9.05. The number of esters is 1. The third-order valence-electron chi connectivity index (χ3n) is 7.40. The highest BCUT2D eigenvalue weighted by atomic mass is 31.2. The van der Waals surface area contributed by atoms with Gasteiger partial charge in [-0.05, 0) is 43.5 Å². The van der Waals surface area contributed by atoms with E-state index in [1.54, 1.807) is 30.3 Å². The van der Waals surface area contributed by atoms with Crippen molar-refractivity contribution in [2.75, 3.05) is 33.8 Å². The van der Waals surface area contributed by atoms with Crippen LogP contribution >= 0.6 is 7.52 Å². The number of rotatable bonds is 22. The number of carbonyl (C=O) groups is 1. The molecule has 0 spiro atoms. The van der Waals surface area contributed by atoms with Gasteiger partial charge in [-0.2, -0.15) is 0 Å². The molecule has 1 atom stereocenters. The van der Waals surface area contributed by atoms with Gasteiger partial charge >= 0.3 is 5.97 Å². The van der Waals surface area contributed by atoms with Crippen LogP contribution in [0.2, 0.25) is 0 Å². The Hall–Kier alpha value is -1.98. The lowest BCUT2D eigenvalue weighted by Gasteiger charge is -2.30. The molecule has 0 saturated heterocycles. The first-order chi connectivity index (χ1) is 19.2. The highest BCUT2D eigenvalue weighted by molar-refractivity contribution is 7.64. The zero-order chi connectivity index (χ0) is 29.1. The van der Waals surface area contributed by atoms with Crippen LogP contribution in [-0.4, -0.2) is 49.1 Å². The molecule has 0 aliphatic rings. The number of carbonyl (C=O) groups excluding carboxylic acids is 1. The highest BCUT2D eigenvalue weighted by Gasteiger charge is 2.20. The Morgan fingerprint density at radius 1 is 0.800 bits per heavy atom. The Morgan fingerprint density at radius 2 is 1.35 bits per heavy atom. The van der Waals surface area contributed by atoms with Crippen molar-refractivity contribution in [1.82, 2.24) is 5.09 Å². The molecule has 0 bridgehead atoms. The lowest BCUT2D eigenvalue weighted by Crippen LogP contribution is -2.39.